The van der Waals surface area contributed by atoms with Gasteiger partial charge in [-0.25, -0.2) is 0 Å². The van der Waals surface area contributed by atoms with Crippen molar-refractivity contribution in [2.45, 2.75) is 26.7 Å². The van der Waals surface area contributed by atoms with Crippen LogP contribution in [0.2, 0.25) is 0 Å². The standard InChI is InChI=1S/C6H14O2.C2H4O2/c1-2-3-5-8-6-4-7;1-2(3)4/h7H,2-6H2,1H3;1H3,(H,3,4). The van der Waals surface area contributed by atoms with Crippen LogP contribution in [-0.2, 0) is 9.53 Å². The van der Waals surface area contributed by atoms with Crippen molar-refractivity contribution in [2.75, 3.05) is 19.8 Å². The van der Waals surface area contributed by atoms with Gasteiger partial charge in [-0.1, -0.05) is 13.3 Å². The normalized spacial score (nSPS) is 8.58. The number of hydrogen-bond acceptors (Lipinski definition) is 3. The second-order valence-electron chi connectivity index (χ2n) is 2.21. The highest BCUT2D eigenvalue weighted by atomic mass is 16.5. The zero-order valence-electron chi connectivity index (χ0n) is 7.75. The van der Waals surface area contributed by atoms with Crippen LogP contribution in [0.1, 0.15) is 26.7 Å². The molecular weight excluding hydrogens is 160 g/mol. The molecule has 0 aliphatic rings. The molecule has 4 nitrogen and oxygen atoms in total. The summed E-state index contributed by atoms with van der Waals surface area (Å²) in [4.78, 5) is 9.00. The van der Waals surface area contributed by atoms with Gasteiger partial charge in [-0.2, -0.15) is 0 Å². The fraction of sp³-hybridized carbons (Fsp3) is 0.875. The van der Waals surface area contributed by atoms with Crippen LogP contribution in [0.25, 0.3) is 0 Å². The molecule has 0 heterocycles. The molecule has 0 aliphatic heterocycles. The van der Waals surface area contributed by atoms with Gasteiger partial charge in [-0.05, 0) is 6.42 Å². The summed E-state index contributed by atoms with van der Waals surface area (Å²) in [5.74, 6) is -0.833. The maximum Gasteiger partial charge on any atom is 0.300 e. The molecule has 0 amide bonds. The highest BCUT2D eigenvalue weighted by Gasteiger charge is 1.82. The molecule has 0 saturated heterocycles. The molecule has 0 aromatic carbocycles. The number of aliphatic hydroxyl groups excluding tert-OH is 1. The summed E-state index contributed by atoms with van der Waals surface area (Å²) >= 11 is 0. The van der Waals surface area contributed by atoms with Crippen molar-refractivity contribution in [3.63, 3.8) is 0 Å². The Hall–Kier alpha value is -0.610. The number of carboxylic acid groups (broad SMARTS) is 1. The second kappa shape index (κ2) is 13.0. The van der Waals surface area contributed by atoms with Crippen molar-refractivity contribution >= 4 is 5.97 Å². The van der Waals surface area contributed by atoms with Gasteiger partial charge < -0.3 is 14.9 Å². The van der Waals surface area contributed by atoms with E-state index in [9.17, 15) is 0 Å². The van der Waals surface area contributed by atoms with E-state index in [2.05, 4.69) is 6.92 Å². The monoisotopic (exact) mass is 178 g/mol. The van der Waals surface area contributed by atoms with Gasteiger partial charge >= 0.3 is 0 Å². The lowest BCUT2D eigenvalue weighted by Gasteiger charge is -1.97. The van der Waals surface area contributed by atoms with Crippen LogP contribution in [0.5, 0.6) is 0 Å². The summed E-state index contributed by atoms with van der Waals surface area (Å²) < 4.78 is 4.97. The second-order valence-corrected chi connectivity index (χ2v) is 2.21. The van der Waals surface area contributed by atoms with Gasteiger partial charge in [-0.3, -0.25) is 4.79 Å². The summed E-state index contributed by atoms with van der Waals surface area (Å²) in [7, 11) is 0. The first-order chi connectivity index (χ1) is 5.65. The highest BCUT2D eigenvalue weighted by molar-refractivity contribution is 5.62. The molecule has 0 fully saturated rings. The molecular formula is C8H18O4. The van der Waals surface area contributed by atoms with Crippen LogP contribution in [0.4, 0.5) is 0 Å². The fourth-order valence-electron chi connectivity index (χ4n) is 0.413. The summed E-state index contributed by atoms with van der Waals surface area (Å²) in [6.45, 7) is 4.61. The Bertz CT molecular complexity index is 83.1. The molecule has 0 atom stereocenters. The quantitative estimate of drug-likeness (QED) is 0.613. The third-order valence-electron chi connectivity index (χ3n) is 0.878. The zero-order valence-corrected chi connectivity index (χ0v) is 7.75. The first-order valence-electron chi connectivity index (χ1n) is 4.03. The molecule has 0 saturated carbocycles. The average molecular weight is 178 g/mol. The maximum atomic E-state index is 9.00. The van der Waals surface area contributed by atoms with Gasteiger partial charge in [-0.15, -0.1) is 0 Å². The van der Waals surface area contributed by atoms with Crippen LogP contribution in [0.3, 0.4) is 0 Å². The number of carboxylic acids is 1. The van der Waals surface area contributed by atoms with Crippen LogP contribution in [0.15, 0.2) is 0 Å². The lowest BCUT2D eigenvalue weighted by atomic mass is 10.4. The summed E-state index contributed by atoms with van der Waals surface area (Å²) in [5.41, 5.74) is 0. The highest BCUT2D eigenvalue weighted by Crippen LogP contribution is 1.85. The Kier molecular flexibility index (Phi) is 15.1. The van der Waals surface area contributed by atoms with Crippen molar-refractivity contribution < 1.29 is 19.7 Å². The predicted molar refractivity (Wildman–Crippen MR) is 46.1 cm³/mol. The summed E-state index contributed by atoms with van der Waals surface area (Å²) in [6, 6.07) is 0. The van der Waals surface area contributed by atoms with E-state index in [1.165, 1.54) is 0 Å². The van der Waals surface area contributed by atoms with Crippen molar-refractivity contribution in [3.8, 4) is 0 Å². The number of rotatable bonds is 5. The lowest BCUT2D eigenvalue weighted by Crippen LogP contribution is -1.99. The molecule has 12 heavy (non-hydrogen) atoms. The molecule has 0 aromatic rings. The predicted octanol–water partition coefficient (Wildman–Crippen LogP) is 0.886. The maximum absolute atomic E-state index is 9.00. The SMILES string of the molecule is CC(=O)O.CCCCOCCO. The molecule has 0 aromatic heterocycles. The van der Waals surface area contributed by atoms with Crippen LogP contribution < -0.4 is 0 Å². The van der Waals surface area contributed by atoms with Crippen molar-refractivity contribution in [1.29, 1.82) is 0 Å². The van der Waals surface area contributed by atoms with Gasteiger partial charge in [0.05, 0.1) is 13.2 Å². The molecule has 0 unspecified atom stereocenters. The van der Waals surface area contributed by atoms with Crippen LogP contribution in [-0.4, -0.2) is 36.0 Å². The topological polar surface area (TPSA) is 66.8 Å². The largest absolute Gasteiger partial charge is 0.481 e. The van der Waals surface area contributed by atoms with Crippen molar-refractivity contribution in [1.82, 2.24) is 0 Å². The van der Waals surface area contributed by atoms with E-state index in [4.69, 9.17) is 19.7 Å². The van der Waals surface area contributed by atoms with E-state index in [-0.39, 0.29) is 6.61 Å². The Morgan fingerprint density at radius 2 is 1.92 bits per heavy atom. The van der Waals surface area contributed by atoms with Crippen molar-refractivity contribution in [2.24, 2.45) is 0 Å². The minimum absolute atomic E-state index is 0.143. The Labute approximate surface area is 73.2 Å². The molecule has 0 rings (SSSR count). The number of carbonyl (C=O) groups is 1. The van der Waals surface area contributed by atoms with E-state index in [0.717, 1.165) is 26.4 Å². The number of hydrogen-bond donors (Lipinski definition) is 2. The minimum Gasteiger partial charge on any atom is -0.481 e. The minimum atomic E-state index is -0.833. The van der Waals surface area contributed by atoms with Crippen LogP contribution >= 0.6 is 0 Å². The molecule has 2 N–H and O–H groups in total. The first-order valence-corrected chi connectivity index (χ1v) is 4.03. The first kappa shape index (κ1) is 13.9. The summed E-state index contributed by atoms with van der Waals surface area (Å²) in [6.07, 6.45) is 2.26. The van der Waals surface area contributed by atoms with Gasteiger partial charge in [0.15, 0.2) is 0 Å². The smallest absolute Gasteiger partial charge is 0.300 e. The van der Waals surface area contributed by atoms with E-state index in [1.54, 1.807) is 0 Å². The van der Waals surface area contributed by atoms with E-state index < -0.39 is 5.97 Å². The Morgan fingerprint density at radius 3 is 2.25 bits per heavy atom. The van der Waals surface area contributed by atoms with E-state index >= 15 is 0 Å². The number of ether oxygens (including phenoxy) is 1. The molecule has 0 bridgehead atoms. The van der Waals surface area contributed by atoms with Gasteiger partial charge in [0, 0.05) is 13.5 Å². The van der Waals surface area contributed by atoms with E-state index in [1.807, 2.05) is 0 Å². The molecule has 0 radical (unpaired) electrons. The third-order valence-corrected chi connectivity index (χ3v) is 0.878. The average Bonchev–Trinajstić information content (AvgIpc) is 1.97. The number of unbranched alkanes of at least 4 members (excludes halogenated alkanes) is 1. The van der Waals surface area contributed by atoms with E-state index in [0.29, 0.717) is 6.61 Å². The molecule has 0 aliphatic carbocycles. The number of aliphatic hydroxyl groups is 1. The summed E-state index contributed by atoms with van der Waals surface area (Å²) in [5, 5.41) is 15.7. The van der Waals surface area contributed by atoms with Crippen LogP contribution in [0, 0.1) is 0 Å². The Morgan fingerprint density at radius 1 is 1.42 bits per heavy atom. The lowest BCUT2D eigenvalue weighted by molar-refractivity contribution is -0.134. The molecule has 4 heteroatoms. The third kappa shape index (κ3) is 34.3. The van der Waals surface area contributed by atoms with Gasteiger partial charge in [0.25, 0.3) is 5.97 Å². The van der Waals surface area contributed by atoms with Gasteiger partial charge in [0.1, 0.15) is 0 Å². The molecule has 74 valence electrons. The van der Waals surface area contributed by atoms with Gasteiger partial charge in [0.2, 0.25) is 0 Å². The fourth-order valence-corrected chi connectivity index (χ4v) is 0.413. The Balaban J connectivity index is 0. The zero-order chi connectivity index (χ0) is 9.82. The molecule has 0 spiro atoms. The number of aliphatic carboxylic acids is 1. The van der Waals surface area contributed by atoms with Crippen molar-refractivity contribution in [3.05, 3.63) is 0 Å².